The molecule has 9 heteroatoms. The zero-order valence-corrected chi connectivity index (χ0v) is 22.4. The molecule has 0 aliphatic carbocycles. The molecule has 1 amide bonds. The number of halogens is 1. The number of aromatic nitrogens is 2. The standard InChI is InChI=1S/C25H32N6O2.HI/c1-18(2)33-23-13-19(3)9-10-21(23)16-28-25(26-4)27-15-20-7-5-8-22(14-20)30-24(32)17-31-12-6-11-29-31;/h5-14,18H,15-17H2,1-4H3,(H,30,32)(H2,26,27,28);1H. The van der Waals surface area contributed by atoms with Gasteiger partial charge < -0.3 is 20.7 Å². The van der Waals surface area contributed by atoms with E-state index >= 15 is 0 Å². The lowest BCUT2D eigenvalue weighted by Crippen LogP contribution is -2.36. The third-order valence-corrected chi connectivity index (χ3v) is 4.79. The summed E-state index contributed by atoms with van der Waals surface area (Å²) in [7, 11) is 1.74. The van der Waals surface area contributed by atoms with Crippen LogP contribution in [-0.4, -0.2) is 34.8 Å². The minimum Gasteiger partial charge on any atom is -0.491 e. The summed E-state index contributed by atoms with van der Waals surface area (Å²) in [4.78, 5) is 16.5. The van der Waals surface area contributed by atoms with E-state index in [0.29, 0.717) is 19.0 Å². The topological polar surface area (TPSA) is 92.6 Å². The second-order valence-electron chi connectivity index (χ2n) is 8.01. The lowest BCUT2D eigenvalue weighted by molar-refractivity contribution is -0.116. The van der Waals surface area contributed by atoms with E-state index in [1.165, 1.54) is 0 Å². The first kappa shape index (κ1) is 27.2. The van der Waals surface area contributed by atoms with E-state index in [1.54, 1.807) is 30.2 Å². The molecule has 3 aromatic rings. The molecule has 8 nitrogen and oxygen atoms in total. The molecule has 1 aromatic heterocycles. The summed E-state index contributed by atoms with van der Waals surface area (Å²) >= 11 is 0. The zero-order chi connectivity index (χ0) is 23.6. The number of guanidine groups is 1. The molecule has 0 spiro atoms. The van der Waals surface area contributed by atoms with Crippen LogP contribution in [0.1, 0.15) is 30.5 Å². The van der Waals surface area contributed by atoms with Crippen molar-refractivity contribution in [2.24, 2.45) is 4.99 Å². The van der Waals surface area contributed by atoms with E-state index in [9.17, 15) is 4.79 Å². The first-order valence-electron chi connectivity index (χ1n) is 11.0. The molecular weight excluding hydrogens is 543 g/mol. The fourth-order valence-electron chi connectivity index (χ4n) is 3.26. The molecule has 0 radical (unpaired) electrons. The molecule has 0 fully saturated rings. The lowest BCUT2D eigenvalue weighted by Gasteiger charge is -2.17. The second kappa shape index (κ2) is 13.6. The third kappa shape index (κ3) is 8.69. The van der Waals surface area contributed by atoms with Crippen LogP contribution in [-0.2, 0) is 24.4 Å². The Kier molecular flexibility index (Phi) is 10.9. The van der Waals surface area contributed by atoms with E-state index in [0.717, 1.165) is 28.1 Å². The minimum absolute atomic E-state index is 0. The third-order valence-electron chi connectivity index (χ3n) is 4.79. The maximum Gasteiger partial charge on any atom is 0.246 e. The Hall–Kier alpha value is -3.08. The van der Waals surface area contributed by atoms with E-state index in [4.69, 9.17) is 4.74 Å². The number of rotatable bonds is 9. The van der Waals surface area contributed by atoms with Crippen LogP contribution in [0.2, 0.25) is 0 Å². The average Bonchev–Trinajstić information content (AvgIpc) is 3.27. The van der Waals surface area contributed by atoms with E-state index in [-0.39, 0.29) is 42.5 Å². The van der Waals surface area contributed by atoms with Crippen LogP contribution in [0.4, 0.5) is 5.69 Å². The summed E-state index contributed by atoms with van der Waals surface area (Å²) in [5, 5.41) is 13.6. The number of nitrogens with one attached hydrogen (secondary N) is 3. The van der Waals surface area contributed by atoms with Crippen LogP contribution < -0.4 is 20.7 Å². The minimum atomic E-state index is -0.126. The number of carbonyl (C=O) groups is 1. The molecule has 0 saturated heterocycles. The molecule has 3 N–H and O–H groups in total. The highest BCUT2D eigenvalue weighted by Crippen LogP contribution is 2.21. The molecule has 34 heavy (non-hydrogen) atoms. The Morgan fingerprint density at radius 1 is 1.12 bits per heavy atom. The molecule has 2 aromatic carbocycles. The Balaban J connectivity index is 0.00000408. The number of aliphatic imine (C=N–C) groups is 1. The zero-order valence-electron chi connectivity index (χ0n) is 20.0. The van der Waals surface area contributed by atoms with Crippen molar-refractivity contribution in [2.45, 2.75) is 46.5 Å². The highest BCUT2D eigenvalue weighted by molar-refractivity contribution is 14.0. The van der Waals surface area contributed by atoms with Gasteiger partial charge in [0.2, 0.25) is 5.91 Å². The van der Waals surface area contributed by atoms with Gasteiger partial charge in [-0.1, -0.05) is 24.3 Å². The summed E-state index contributed by atoms with van der Waals surface area (Å²) in [6.07, 6.45) is 3.51. The molecule has 0 unspecified atom stereocenters. The predicted octanol–water partition coefficient (Wildman–Crippen LogP) is 4.10. The van der Waals surface area contributed by atoms with Gasteiger partial charge in [-0.15, -0.1) is 24.0 Å². The molecule has 0 bridgehead atoms. The van der Waals surface area contributed by atoms with Crippen molar-refractivity contribution in [3.05, 3.63) is 77.6 Å². The van der Waals surface area contributed by atoms with Crippen molar-refractivity contribution in [2.75, 3.05) is 12.4 Å². The van der Waals surface area contributed by atoms with E-state index in [1.807, 2.05) is 38.1 Å². The van der Waals surface area contributed by atoms with Crippen molar-refractivity contribution in [3.8, 4) is 5.75 Å². The number of aryl methyl sites for hydroxylation is 1. The second-order valence-corrected chi connectivity index (χ2v) is 8.01. The SMILES string of the molecule is CN=C(NCc1cccc(NC(=O)Cn2cccn2)c1)NCc1ccc(C)cc1OC(C)C.I. The van der Waals surface area contributed by atoms with Crippen LogP contribution in [0.3, 0.4) is 0 Å². The molecule has 3 rings (SSSR count). The van der Waals surface area contributed by atoms with Gasteiger partial charge in [0.05, 0.1) is 6.10 Å². The summed E-state index contributed by atoms with van der Waals surface area (Å²) in [6, 6.07) is 15.7. The quantitative estimate of drug-likeness (QED) is 0.203. The van der Waals surface area contributed by atoms with Gasteiger partial charge in [-0.3, -0.25) is 14.5 Å². The van der Waals surface area contributed by atoms with E-state index < -0.39 is 0 Å². The number of carbonyl (C=O) groups excluding carboxylic acids is 1. The largest absolute Gasteiger partial charge is 0.491 e. The fourth-order valence-corrected chi connectivity index (χ4v) is 3.26. The molecule has 0 aliphatic rings. The van der Waals surface area contributed by atoms with Gasteiger partial charge in [0.25, 0.3) is 0 Å². The summed E-state index contributed by atoms with van der Waals surface area (Å²) in [5.74, 6) is 1.43. The smallest absolute Gasteiger partial charge is 0.246 e. The predicted molar refractivity (Wildman–Crippen MR) is 147 cm³/mol. The Labute approximate surface area is 218 Å². The van der Waals surface area contributed by atoms with Crippen LogP contribution in [0, 0.1) is 6.92 Å². The molecule has 182 valence electrons. The fraction of sp³-hybridized carbons (Fsp3) is 0.320. The van der Waals surface area contributed by atoms with Crippen molar-refractivity contribution >= 4 is 41.5 Å². The molecule has 1 heterocycles. The maximum absolute atomic E-state index is 12.2. The Morgan fingerprint density at radius 3 is 2.62 bits per heavy atom. The first-order valence-corrected chi connectivity index (χ1v) is 11.0. The van der Waals surface area contributed by atoms with Gasteiger partial charge in [-0.25, -0.2) is 0 Å². The average molecular weight is 576 g/mol. The van der Waals surface area contributed by atoms with Gasteiger partial charge in [-0.05, 0) is 56.2 Å². The molecular formula is C25H33IN6O2. The maximum atomic E-state index is 12.2. The van der Waals surface area contributed by atoms with Gasteiger partial charge in [-0.2, -0.15) is 5.10 Å². The number of benzene rings is 2. The molecule has 0 atom stereocenters. The normalized spacial score (nSPS) is 11.0. The first-order chi connectivity index (χ1) is 15.9. The highest BCUT2D eigenvalue weighted by atomic mass is 127. The van der Waals surface area contributed by atoms with Crippen LogP contribution >= 0.6 is 24.0 Å². The number of hydrogen-bond acceptors (Lipinski definition) is 4. The van der Waals surface area contributed by atoms with Crippen molar-refractivity contribution < 1.29 is 9.53 Å². The van der Waals surface area contributed by atoms with Gasteiger partial charge >= 0.3 is 0 Å². The van der Waals surface area contributed by atoms with Crippen molar-refractivity contribution in [1.29, 1.82) is 0 Å². The van der Waals surface area contributed by atoms with E-state index in [2.05, 4.69) is 51.2 Å². The summed E-state index contributed by atoms with van der Waals surface area (Å²) in [5.41, 5.74) is 3.99. The molecule has 0 aliphatic heterocycles. The number of ether oxygens (including phenoxy) is 1. The van der Waals surface area contributed by atoms with Gasteiger partial charge in [0.1, 0.15) is 12.3 Å². The van der Waals surface area contributed by atoms with Gasteiger partial charge in [0, 0.05) is 43.8 Å². The van der Waals surface area contributed by atoms with Crippen molar-refractivity contribution in [3.63, 3.8) is 0 Å². The van der Waals surface area contributed by atoms with Crippen molar-refractivity contribution in [1.82, 2.24) is 20.4 Å². The number of nitrogens with zero attached hydrogens (tertiary/aromatic N) is 3. The number of hydrogen-bond donors (Lipinski definition) is 3. The number of anilines is 1. The Morgan fingerprint density at radius 2 is 1.91 bits per heavy atom. The monoisotopic (exact) mass is 576 g/mol. The number of amides is 1. The lowest BCUT2D eigenvalue weighted by atomic mass is 10.1. The van der Waals surface area contributed by atoms with Gasteiger partial charge in [0.15, 0.2) is 5.96 Å². The van der Waals surface area contributed by atoms with Crippen LogP contribution in [0.25, 0.3) is 0 Å². The summed E-state index contributed by atoms with van der Waals surface area (Å²) in [6.45, 7) is 7.42. The molecule has 0 saturated carbocycles. The summed E-state index contributed by atoms with van der Waals surface area (Å²) < 4.78 is 7.54. The Bertz CT molecular complexity index is 1080. The highest BCUT2D eigenvalue weighted by Gasteiger charge is 2.08. The van der Waals surface area contributed by atoms with Crippen LogP contribution in [0.5, 0.6) is 5.75 Å². The van der Waals surface area contributed by atoms with Crippen LogP contribution in [0.15, 0.2) is 65.9 Å².